The number of rotatable bonds is 7. The maximum absolute atomic E-state index is 5.99. The minimum atomic E-state index is 0.566. The smallest absolute Gasteiger partial charge is 0.145 e. The molecule has 0 aromatic carbocycles. The van der Waals surface area contributed by atoms with Gasteiger partial charge in [0.05, 0.1) is 5.69 Å². The fourth-order valence-electron chi connectivity index (χ4n) is 2.22. The first kappa shape index (κ1) is 12.3. The highest BCUT2D eigenvalue weighted by Gasteiger charge is 2.30. The van der Waals surface area contributed by atoms with Gasteiger partial charge in [0.25, 0.3) is 0 Å². The van der Waals surface area contributed by atoms with Crippen LogP contribution in [0.5, 0.6) is 0 Å². The van der Waals surface area contributed by atoms with Crippen molar-refractivity contribution in [2.75, 3.05) is 11.6 Å². The monoisotopic (exact) mass is 236 g/mol. The predicted molar refractivity (Wildman–Crippen MR) is 71.2 cm³/mol. The first-order valence-electron chi connectivity index (χ1n) is 6.86. The Kier molecular flexibility index (Phi) is 3.92. The van der Waals surface area contributed by atoms with E-state index in [4.69, 9.17) is 11.6 Å². The van der Waals surface area contributed by atoms with Crippen molar-refractivity contribution in [3.05, 3.63) is 11.5 Å². The lowest BCUT2D eigenvalue weighted by Crippen LogP contribution is -2.15. The van der Waals surface area contributed by atoms with Crippen LogP contribution >= 0.6 is 0 Å². The molecule has 0 unspecified atom stereocenters. The third kappa shape index (κ3) is 2.93. The third-order valence-electron chi connectivity index (χ3n) is 3.51. The number of anilines is 1. The van der Waals surface area contributed by atoms with Gasteiger partial charge in [-0.15, -0.1) is 0 Å². The van der Waals surface area contributed by atoms with Crippen LogP contribution in [-0.2, 0) is 6.42 Å². The van der Waals surface area contributed by atoms with Crippen LogP contribution in [-0.4, -0.2) is 9.66 Å². The fourth-order valence-corrected chi connectivity index (χ4v) is 2.22. The van der Waals surface area contributed by atoms with E-state index < -0.39 is 0 Å². The molecule has 0 bridgehead atoms. The number of nitrogens with two attached hydrogens (primary N) is 2. The second-order valence-corrected chi connectivity index (χ2v) is 5.11. The molecule has 17 heavy (non-hydrogen) atoms. The van der Waals surface area contributed by atoms with Gasteiger partial charge in [-0.1, -0.05) is 32.6 Å². The van der Waals surface area contributed by atoms with Crippen molar-refractivity contribution in [1.29, 1.82) is 0 Å². The fraction of sp³-hybridized carbons (Fsp3) is 0.769. The maximum Gasteiger partial charge on any atom is 0.145 e. The van der Waals surface area contributed by atoms with E-state index in [2.05, 4.69) is 11.9 Å². The van der Waals surface area contributed by atoms with Gasteiger partial charge in [-0.25, -0.2) is 9.66 Å². The number of nitrogen functional groups attached to an aromatic ring is 2. The van der Waals surface area contributed by atoms with Crippen molar-refractivity contribution < 1.29 is 0 Å². The molecule has 4 nitrogen and oxygen atoms in total. The summed E-state index contributed by atoms with van der Waals surface area (Å²) in [6, 6.07) is 0. The first-order chi connectivity index (χ1) is 8.24. The quantitative estimate of drug-likeness (QED) is 0.564. The third-order valence-corrected chi connectivity index (χ3v) is 3.51. The molecule has 1 aromatic rings. The summed E-state index contributed by atoms with van der Waals surface area (Å²) in [5.74, 6) is 8.15. The minimum Gasteiger partial charge on any atom is -0.382 e. The zero-order valence-corrected chi connectivity index (χ0v) is 10.8. The van der Waals surface area contributed by atoms with Crippen molar-refractivity contribution in [3.8, 4) is 0 Å². The van der Waals surface area contributed by atoms with E-state index in [1.54, 1.807) is 4.68 Å². The van der Waals surface area contributed by atoms with Crippen LogP contribution in [0.3, 0.4) is 0 Å². The zero-order chi connectivity index (χ0) is 12.3. The highest BCUT2D eigenvalue weighted by Crippen LogP contribution is 2.39. The first-order valence-corrected chi connectivity index (χ1v) is 6.86. The van der Waals surface area contributed by atoms with Crippen LogP contribution in [0.25, 0.3) is 0 Å². The highest BCUT2D eigenvalue weighted by molar-refractivity contribution is 5.39. The van der Waals surface area contributed by atoms with Gasteiger partial charge in [0.1, 0.15) is 11.6 Å². The predicted octanol–water partition coefficient (Wildman–Crippen LogP) is 2.57. The Morgan fingerprint density at radius 2 is 1.94 bits per heavy atom. The molecule has 96 valence electrons. The number of hydrogen-bond donors (Lipinski definition) is 2. The van der Waals surface area contributed by atoms with Gasteiger partial charge in [0, 0.05) is 5.92 Å². The Morgan fingerprint density at radius 1 is 1.24 bits per heavy atom. The maximum atomic E-state index is 5.99. The molecular formula is C13H24N4. The molecule has 2 rings (SSSR count). The van der Waals surface area contributed by atoms with E-state index in [0.29, 0.717) is 11.7 Å². The molecule has 1 fully saturated rings. The molecule has 0 amide bonds. The minimum absolute atomic E-state index is 0.566. The average molecular weight is 236 g/mol. The summed E-state index contributed by atoms with van der Waals surface area (Å²) in [6.45, 7) is 2.23. The van der Waals surface area contributed by atoms with Crippen molar-refractivity contribution in [3.63, 3.8) is 0 Å². The van der Waals surface area contributed by atoms with Gasteiger partial charge in [-0.2, -0.15) is 0 Å². The summed E-state index contributed by atoms with van der Waals surface area (Å²) < 4.78 is 1.60. The number of imidazole rings is 1. The standard InChI is InChI=1S/C13H24N4/c1-2-3-4-5-6-7-11-12(14)17(15)13(16-11)10-8-9-10/h10H,2-9,14-15H2,1H3. The van der Waals surface area contributed by atoms with Crippen molar-refractivity contribution in [1.82, 2.24) is 9.66 Å². The molecule has 0 aliphatic heterocycles. The van der Waals surface area contributed by atoms with Crippen LogP contribution in [0.1, 0.15) is 69.3 Å². The molecular weight excluding hydrogens is 212 g/mol. The molecule has 1 heterocycles. The van der Waals surface area contributed by atoms with E-state index in [-0.39, 0.29) is 0 Å². The summed E-state index contributed by atoms with van der Waals surface area (Å²) in [5.41, 5.74) is 6.99. The molecule has 4 N–H and O–H groups in total. The Hall–Kier alpha value is -1.19. The van der Waals surface area contributed by atoms with Crippen LogP contribution < -0.4 is 11.6 Å². The van der Waals surface area contributed by atoms with Gasteiger partial charge >= 0.3 is 0 Å². The molecule has 0 radical (unpaired) electrons. The van der Waals surface area contributed by atoms with Crippen molar-refractivity contribution in [2.24, 2.45) is 0 Å². The van der Waals surface area contributed by atoms with E-state index in [9.17, 15) is 0 Å². The Bertz CT molecular complexity index is 366. The van der Waals surface area contributed by atoms with Gasteiger partial charge in [0.15, 0.2) is 0 Å². The number of nitrogens with zero attached hydrogens (tertiary/aromatic N) is 2. The normalized spacial score (nSPS) is 15.4. The topological polar surface area (TPSA) is 69.9 Å². The summed E-state index contributed by atoms with van der Waals surface area (Å²) in [5, 5.41) is 0. The Morgan fingerprint density at radius 3 is 2.59 bits per heavy atom. The number of hydrogen-bond acceptors (Lipinski definition) is 3. The molecule has 0 spiro atoms. The summed E-state index contributed by atoms with van der Waals surface area (Å²) >= 11 is 0. The largest absolute Gasteiger partial charge is 0.382 e. The molecule has 1 aliphatic carbocycles. The lowest BCUT2D eigenvalue weighted by Gasteiger charge is -2.01. The van der Waals surface area contributed by atoms with Crippen molar-refractivity contribution in [2.45, 2.75) is 64.2 Å². The Balaban J connectivity index is 1.85. The van der Waals surface area contributed by atoms with Gasteiger partial charge in [-0.3, -0.25) is 0 Å². The second kappa shape index (κ2) is 5.43. The molecule has 4 heteroatoms. The molecule has 1 aliphatic rings. The van der Waals surface area contributed by atoms with Gasteiger partial charge in [0.2, 0.25) is 0 Å². The second-order valence-electron chi connectivity index (χ2n) is 5.11. The highest BCUT2D eigenvalue weighted by atomic mass is 15.4. The number of unbranched alkanes of at least 4 members (excludes halogenated alkanes) is 4. The van der Waals surface area contributed by atoms with E-state index in [0.717, 1.165) is 17.9 Å². The van der Waals surface area contributed by atoms with Gasteiger partial charge < -0.3 is 11.6 Å². The Labute approximate surface area is 103 Å². The van der Waals surface area contributed by atoms with Crippen LogP contribution in [0, 0.1) is 0 Å². The average Bonchev–Trinajstić information content (AvgIpc) is 3.11. The van der Waals surface area contributed by atoms with E-state index >= 15 is 0 Å². The van der Waals surface area contributed by atoms with Crippen molar-refractivity contribution >= 4 is 5.82 Å². The van der Waals surface area contributed by atoms with Crippen LogP contribution in [0.15, 0.2) is 0 Å². The number of aromatic nitrogens is 2. The zero-order valence-electron chi connectivity index (χ0n) is 10.8. The molecule has 1 saturated carbocycles. The number of aryl methyl sites for hydroxylation is 1. The summed E-state index contributed by atoms with van der Waals surface area (Å²) in [7, 11) is 0. The SMILES string of the molecule is CCCCCCCc1nc(C2CC2)n(N)c1N. The van der Waals surface area contributed by atoms with E-state index in [1.807, 2.05) is 0 Å². The summed E-state index contributed by atoms with van der Waals surface area (Å²) in [4.78, 5) is 4.60. The van der Waals surface area contributed by atoms with Crippen LogP contribution in [0.2, 0.25) is 0 Å². The van der Waals surface area contributed by atoms with Gasteiger partial charge in [-0.05, 0) is 25.7 Å². The molecule has 1 aromatic heterocycles. The van der Waals surface area contributed by atoms with Crippen LogP contribution in [0.4, 0.5) is 5.82 Å². The molecule has 0 saturated heterocycles. The van der Waals surface area contributed by atoms with E-state index in [1.165, 1.54) is 44.9 Å². The lowest BCUT2D eigenvalue weighted by molar-refractivity contribution is 0.629. The summed E-state index contributed by atoms with van der Waals surface area (Å²) in [6.07, 6.45) is 9.76. The molecule has 0 atom stereocenters. The lowest BCUT2D eigenvalue weighted by atomic mass is 10.1.